The molecule has 1 unspecified atom stereocenters. The van der Waals surface area contributed by atoms with Gasteiger partial charge in [0.1, 0.15) is 6.67 Å². The first kappa shape index (κ1) is 19.2. The van der Waals surface area contributed by atoms with Crippen LogP contribution >= 0.6 is 11.3 Å². The third kappa shape index (κ3) is 4.03. The van der Waals surface area contributed by atoms with Crippen molar-refractivity contribution in [3.05, 3.63) is 47.3 Å². The molecule has 4 heterocycles. The standard InChI is InChI=1S/C19H20FN7OS/c1-26-9-14(7-24-26)13-6-23-18-16(8-25-27(18)10-13)12-4-17(29-11-12)19(28)22-3-2-15(21)5-20/h4,6-11,15H,2-3,5,21H2,1H3,(H,22,28). The second kappa shape index (κ2) is 8.10. The number of nitrogens with two attached hydrogens (primary N) is 1. The summed E-state index contributed by atoms with van der Waals surface area (Å²) in [5, 5.41) is 13.2. The molecule has 10 heteroatoms. The van der Waals surface area contributed by atoms with E-state index in [1.807, 2.05) is 30.9 Å². The lowest BCUT2D eigenvalue weighted by Gasteiger charge is -2.07. The SMILES string of the molecule is Cn1cc(-c2cnc3c(-c4csc(C(=O)NCCC(N)CF)c4)cnn3c2)cn1. The molecule has 29 heavy (non-hydrogen) atoms. The number of fused-ring (bicyclic) bond motifs is 1. The third-order valence-electron chi connectivity index (χ3n) is 4.53. The van der Waals surface area contributed by atoms with Crippen molar-refractivity contribution < 1.29 is 9.18 Å². The van der Waals surface area contributed by atoms with Crippen LogP contribution in [0.1, 0.15) is 16.1 Å². The van der Waals surface area contributed by atoms with Crippen molar-refractivity contribution >= 4 is 22.9 Å². The molecule has 0 aromatic carbocycles. The number of thiophene rings is 1. The Morgan fingerprint density at radius 1 is 1.24 bits per heavy atom. The summed E-state index contributed by atoms with van der Waals surface area (Å²) in [6.07, 6.45) is 9.51. The summed E-state index contributed by atoms with van der Waals surface area (Å²) in [5.41, 5.74) is 9.82. The molecule has 0 fully saturated rings. The van der Waals surface area contributed by atoms with Crippen molar-refractivity contribution in [1.82, 2.24) is 29.7 Å². The van der Waals surface area contributed by atoms with Crippen LogP contribution in [0.5, 0.6) is 0 Å². The quantitative estimate of drug-likeness (QED) is 0.484. The molecule has 150 valence electrons. The maximum absolute atomic E-state index is 12.4. The normalized spacial score (nSPS) is 12.4. The van der Waals surface area contributed by atoms with Gasteiger partial charge in [-0.15, -0.1) is 11.3 Å². The highest BCUT2D eigenvalue weighted by Gasteiger charge is 2.15. The minimum atomic E-state index is -0.594. The Bertz CT molecular complexity index is 1150. The predicted octanol–water partition coefficient (Wildman–Crippen LogP) is 2.28. The van der Waals surface area contributed by atoms with Gasteiger partial charge < -0.3 is 11.1 Å². The monoisotopic (exact) mass is 413 g/mol. The molecule has 4 rings (SSSR count). The predicted molar refractivity (Wildman–Crippen MR) is 109 cm³/mol. The third-order valence-corrected chi connectivity index (χ3v) is 5.46. The highest BCUT2D eigenvalue weighted by Crippen LogP contribution is 2.29. The number of amides is 1. The van der Waals surface area contributed by atoms with Crippen LogP contribution in [0.2, 0.25) is 0 Å². The molecule has 0 saturated heterocycles. The Balaban J connectivity index is 1.52. The number of hydrogen-bond acceptors (Lipinski definition) is 6. The largest absolute Gasteiger partial charge is 0.351 e. The second-order valence-corrected chi connectivity index (χ2v) is 7.64. The first-order chi connectivity index (χ1) is 14.0. The maximum atomic E-state index is 12.4. The molecule has 0 aliphatic carbocycles. The molecule has 4 aromatic rings. The summed E-state index contributed by atoms with van der Waals surface area (Å²) in [6, 6.07) is 1.26. The van der Waals surface area contributed by atoms with E-state index in [9.17, 15) is 9.18 Å². The van der Waals surface area contributed by atoms with Gasteiger partial charge in [-0.05, 0) is 23.4 Å². The fourth-order valence-corrected chi connectivity index (χ4v) is 3.75. The van der Waals surface area contributed by atoms with Gasteiger partial charge >= 0.3 is 0 Å². The van der Waals surface area contributed by atoms with Crippen molar-refractivity contribution in [2.75, 3.05) is 13.2 Å². The van der Waals surface area contributed by atoms with Crippen LogP contribution in [0.25, 0.3) is 27.9 Å². The smallest absolute Gasteiger partial charge is 0.261 e. The number of halogens is 1. The topological polar surface area (TPSA) is 103 Å². The van der Waals surface area contributed by atoms with Crippen molar-refractivity contribution in [2.24, 2.45) is 12.8 Å². The highest BCUT2D eigenvalue weighted by atomic mass is 32.1. The zero-order valence-electron chi connectivity index (χ0n) is 15.7. The van der Waals surface area contributed by atoms with Crippen molar-refractivity contribution in [1.29, 1.82) is 0 Å². The number of rotatable bonds is 7. The Hall–Kier alpha value is -3.11. The van der Waals surface area contributed by atoms with Crippen LogP contribution < -0.4 is 11.1 Å². The van der Waals surface area contributed by atoms with Crippen molar-refractivity contribution in [3.8, 4) is 22.3 Å². The van der Waals surface area contributed by atoms with Gasteiger partial charge in [-0.3, -0.25) is 9.48 Å². The van der Waals surface area contributed by atoms with Gasteiger partial charge in [0.05, 0.1) is 17.3 Å². The van der Waals surface area contributed by atoms with Gasteiger partial charge in [0, 0.05) is 54.9 Å². The zero-order valence-corrected chi connectivity index (χ0v) is 16.6. The lowest BCUT2D eigenvalue weighted by Crippen LogP contribution is -2.31. The molecule has 0 aliphatic heterocycles. The molecule has 1 atom stereocenters. The molecule has 0 spiro atoms. The number of hydrogen-bond donors (Lipinski definition) is 2. The molecule has 4 aromatic heterocycles. The minimum absolute atomic E-state index is 0.199. The molecule has 0 saturated carbocycles. The number of aromatic nitrogens is 5. The summed E-state index contributed by atoms with van der Waals surface area (Å²) in [4.78, 5) is 17.4. The molecule has 0 radical (unpaired) electrons. The van der Waals surface area contributed by atoms with Gasteiger partial charge in [-0.25, -0.2) is 13.9 Å². The molecule has 1 amide bonds. The number of carbonyl (C=O) groups excluding carboxylic acids is 1. The van der Waals surface area contributed by atoms with Gasteiger partial charge in [0.15, 0.2) is 5.65 Å². The summed E-state index contributed by atoms with van der Waals surface area (Å²) in [5.74, 6) is -0.199. The molecule has 8 nitrogen and oxygen atoms in total. The fourth-order valence-electron chi connectivity index (χ4n) is 2.93. The van der Waals surface area contributed by atoms with E-state index in [2.05, 4.69) is 20.5 Å². The average molecular weight is 413 g/mol. The van der Waals surface area contributed by atoms with Crippen LogP contribution in [-0.4, -0.2) is 49.5 Å². The van der Waals surface area contributed by atoms with E-state index in [1.165, 1.54) is 11.3 Å². The lowest BCUT2D eigenvalue weighted by molar-refractivity contribution is 0.0956. The Labute approximate surface area is 170 Å². The Morgan fingerprint density at radius 2 is 2.07 bits per heavy atom. The lowest BCUT2D eigenvalue weighted by atomic mass is 10.1. The minimum Gasteiger partial charge on any atom is -0.351 e. The van der Waals surface area contributed by atoms with E-state index in [-0.39, 0.29) is 5.91 Å². The molecular weight excluding hydrogens is 393 g/mol. The number of nitrogens with zero attached hydrogens (tertiary/aromatic N) is 5. The molecule has 0 bridgehead atoms. The van der Waals surface area contributed by atoms with Gasteiger partial charge in [0.2, 0.25) is 0 Å². The summed E-state index contributed by atoms with van der Waals surface area (Å²) in [7, 11) is 1.86. The van der Waals surface area contributed by atoms with Crippen LogP contribution in [0, 0.1) is 0 Å². The van der Waals surface area contributed by atoms with Crippen LogP contribution in [0.4, 0.5) is 4.39 Å². The van der Waals surface area contributed by atoms with E-state index in [0.29, 0.717) is 23.5 Å². The first-order valence-electron chi connectivity index (χ1n) is 9.06. The molecule has 3 N–H and O–H groups in total. The first-order valence-corrected chi connectivity index (χ1v) is 9.94. The second-order valence-electron chi connectivity index (χ2n) is 6.73. The zero-order chi connectivity index (χ0) is 20.4. The summed E-state index contributed by atoms with van der Waals surface area (Å²) >= 11 is 1.34. The van der Waals surface area contributed by atoms with E-state index >= 15 is 0 Å². The average Bonchev–Trinajstić information content (AvgIpc) is 3.46. The van der Waals surface area contributed by atoms with Crippen LogP contribution in [-0.2, 0) is 7.05 Å². The van der Waals surface area contributed by atoms with E-state index in [0.717, 1.165) is 22.3 Å². The van der Waals surface area contributed by atoms with Gasteiger partial charge in [-0.2, -0.15) is 10.2 Å². The van der Waals surface area contributed by atoms with Crippen molar-refractivity contribution in [2.45, 2.75) is 12.5 Å². The van der Waals surface area contributed by atoms with Crippen LogP contribution in [0.15, 0.2) is 42.4 Å². The van der Waals surface area contributed by atoms with E-state index in [4.69, 9.17) is 5.73 Å². The van der Waals surface area contributed by atoms with Gasteiger partial charge in [0.25, 0.3) is 5.91 Å². The molecule has 0 aliphatic rings. The van der Waals surface area contributed by atoms with E-state index in [1.54, 1.807) is 27.8 Å². The Morgan fingerprint density at radius 3 is 2.83 bits per heavy atom. The Kier molecular flexibility index (Phi) is 5.36. The van der Waals surface area contributed by atoms with Gasteiger partial charge in [-0.1, -0.05) is 0 Å². The number of carbonyl (C=O) groups is 1. The summed E-state index contributed by atoms with van der Waals surface area (Å²) in [6.45, 7) is -0.254. The van der Waals surface area contributed by atoms with Crippen molar-refractivity contribution in [3.63, 3.8) is 0 Å². The number of aryl methyl sites for hydroxylation is 1. The highest BCUT2D eigenvalue weighted by molar-refractivity contribution is 7.12. The number of nitrogens with one attached hydrogen (secondary N) is 1. The number of alkyl halides is 1. The molecular formula is C19H20FN7OS. The maximum Gasteiger partial charge on any atom is 0.261 e. The fraction of sp³-hybridized carbons (Fsp3) is 0.263. The van der Waals surface area contributed by atoms with E-state index < -0.39 is 12.7 Å². The van der Waals surface area contributed by atoms with Crippen LogP contribution in [0.3, 0.4) is 0 Å². The summed E-state index contributed by atoms with van der Waals surface area (Å²) < 4.78 is 15.8.